The Kier molecular flexibility index (Phi) is 4.55. The lowest BCUT2D eigenvalue weighted by Gasteiger charge is -2.09. The van der Waals surface area contributed by atoms with Gasteiger partial charge in [0.1, 0.15) is 11.2 Å². The van der Waals surface area contributed by atoms with Gasteiger partial charge in [0.25, 0.3) is 0 Å². The first-order chi connectivity index (χ1) is 15.0. The summed E-state index contributed by atoms with van der Waals surface area (Å²) in [6.07, 6.45) is 0.263. The van der Waals surface area contributed by atoms with E-state index in [4.69, 9.17) is 4.42 Å². The van der Waals surface area contributed by atoms with Crippen LogP contribution in [0.25, 0.3) is 32.7 Å². The quantitative estimate of drug-likeness (QED) is 0.379. The topological polar surface area (TPSA) is 59.3 Å². The average Bonchev–Trinajstić information content (AvgIpc) is 2.75. The molecule has 4 aromatic carbocycles. The predicted octanol–water partition coefficient (Wildman–Crippen LogP) is 5.90. The highest BCUT2D eigenvalue weighted by Crippen LogP contribution is 2.24. The van der Waals surface area contributed by atoms with Crippen LogP contribution in [0, 0.1) is 13.8 Å². The number of benzene rings is 4. The fourth-order valence-corrected chi connectivity index (χ4v) is 4.01. The predicted molar refractivity (Wildman–Crippen MR) is 126 cm³/mol. The van der Waals surface area contributed by atoms with Crippen molar-refractivity contribution in [3.8, 4) is 0 Å². The molecule has 4 nitrogen and oxygen atoms in total. The van der Waals surface area contributed by atoms with Crippen LogP contribution in [0.3, 0.4) is 0 Å². The molecule has 0 fully saturated rings. The van der Waals surface area contributed by atoms with Crippen molar-refractivity contribution >= 4 is 44.3 Å². The number of nitrogens with one attached hydrogen (secondary N) is 1. The Labute approximate surface area is 179 Å². The first kappa shape index (κ1) is 19.1. The van der Waals surface area contributed by atoms with Gasteiger partial charge in [-0.1, -0.05) is 42.5 Å². The smallest absolute Gasteiger partial charge is 0.228 e. The van der Waals surface area contributed by atoms with Gasteiger partial charge < -0.3 is 9.73 Å². The molecule has 0 spiro atoms. The van der Waals surface area contributed by atoms with Crippen LogP contribution in [0.2, 0.25) is 0 Å². The van der Waals surface area contributed by atoms with Gasteiger partial charge in [-0.15, -0.1) is 0 Å². The maximum absolute atomic E-state index is 12.9. The van der Waals surface area contributed by atoms with Crippen LogP contribution in [0.5, 0.6) is 0 Å². The second-order valence-electron chi connectivity index (χ2n) is 7.94. The van der Waals surface area contributed by atoms with Crippen molar-refractivity contribution < 1.29 is 9.21 Å². The molecule has 1 N–H and O–H groups in total. The maximum Gasteiger partial charge on any atom is 0.228 e. The SMILES string of the molecule is Cc1cc2oc3cc(NC(=O)Cc4cccc5ccccc45)ccc3c(=O)c2cc1C. The minimum absolute atomic E-state index is 0.0621. The second-order valence-corrected chi connectivity index (χ2v) is 7.94. The summed E-state index contributed by atoms with van der Waals surface area (Å²) in [5.41, 5.74) is 4.64. The van der Waals surface area contributed by atoms with Crippen molar-refractivity contribution in [3.63, 3.8) is 0 Å². The van der Waals surface area contributed by atoms with Gasteiger partial charge in [0.05, 0.1) is 17.2 Å². The highest BCUT2D eigenvalue weighted by molar-refractivity contribution is 5.98. The van der Waals surface area contributed by atoms with Gasteiger partial charge in [-0.3, -0.25) is 9.59 Å². The van der Waals surface area contributed by atoms with E-state index in [2.05, 4.69) is 5.32 Å². The van der Waals surface area contributed by atoms with Crippen LogP contribution in [0.4, 0.5) is 5.69 Å². The van der Waals surface area contributed by atoms with Crippen LogP contribution in [0.15, 0.2) is 82.0 Å². The first-order valence-electron chi connectivity index (χ1n) is 10.2. The lowest BCUT2D eigenvalue weighted by atomic mass is 10.0. The molecule has 1 amide bonds. The second kappa shape index (κ2) is 7.40. The number of rotatable bonds is 3. The molecule has 0 aliphatic heterocycles. The molecule has 4 heteroatoms. The number of hydrogen-bond donors (Lipinski definition) is 1. The molecule has 152 valence electrons. The van der Waals surface area contributed by atoms with Crippen LogP contribution in [-0.2, 0) is 11.2 Å². The van der Waals surface area contributed by atoms with Crippen molar-refractivity contribution in [1.29, 1.82) is 0 Å². The van der Waals surface area contributed by atoms with Crippen LogP contribution >= 0.6 is 0 Å². The Morgan fingerprint density at radius 3 is 2.42 bits per heavy atom. The van der Waals surface area contributed by atoms with E-state index < -0.39 is 0 Å². The van der Waals surface area contributed by atoms with Gasteiger partial charge >= 0.3 is 0 Å². The van der Waals surface area contributed by atoms with E-state index in [-0.39, 0.29) is 17.8 Å². The minimum atomic E-state index is -0.120. The molecule has 0 aliphatic carbocycles. The maximum atomic E-state index is 12.9. The Balaban J connectivity index is 1.47. The summed E-state index contributed by atoms with van der Waals surface area (Å²) in [6, 6.07) is 22.9. The molecule has 31 heavy (non-hydrogen) atoms. The zero-order valence-electron chi connectivity index (χ0n) is 17.4. The molecular formula is C27H21NO3. The Morgan fingerprint density at radius 1 is 0.806 bits per heavy atom. The zero-order chi connectivity index (χ0) is 21.5. The highest BCUT2D eigenvalue weighted by Gasteiger charge is 2.12. The third kappa shape index (κ3) is 3.46. The normalized spacial score (nSPS) is 11.3. The average molecular weight is 407 g/mol. The van der Waals surface area contributed by atoms with E-state index in [0.29, 0.717) is 27.6 Å². The molecule has 5 aromatic rings. The van der Waals surface area contributed by atoms with E-state index in [1.807, 2.05) is 68.4 Å². The zero-order valence-corrected chi connectivity index (χ0v) is 17.4. The van der Waals surface area contributed by atoms with Crippen LogP contribution < -0.4 is 10.7 Å². The van der Waals surface area contributed by atoms with Crippen molar-refractivity contribution in [3.05, 3.63) is 99.7 Å². The number of anilines is 1. The molecule has 0 saturated carbocycles. The third-order valence-corrected chi connectivity index (χ3v) is 5.80. The van der Waals surface area contributed by atoms with Crippen LogP contribution in [0.1, 0.15) is 16.7 Å². The van der Waals surface area contributed by atoms with Crippen LogP contribution in [-0.4, -0.2) is 5.91 Å². The fraction of sp³-hybridized carbons (Fsp3) is 0.111. The third-order valence-electron chi connectivity index (χ3n) is 5.80. The summed E-state index contributed by atoms with van der Waals surface area (Å²) in [5.74, 6) is -0.120. The summed E-state index contributed by atoms with van der Waals surface area (Å²) < 4.78 is 6.01. The monoisotopic (exact) mass is 407 g/mol. The van der Waals surface area contributed by atoms with E-state index in [1.165, 1.54) is 0 Å². The molecule has 0 bridgehead atoms. The lowest BCUT2D eigenvalue weighted by molar-refractivity contribution is -0.115. The van der Waals surface area contributed by atoms with Gasteiger partial charge in [0.2, 0.25) is 11.3 Å². The Hall–Kier alpha value is -3.92. The summed E-state index contributed by atoms with van der Waals surface area (Å²) in [5, 5.41) is 6.19. The number of carbonyl (C=O) groups is 1. The van der Waals surface area contributed by atoms with Gasteiger partial charge in [0, 0.05) is 11.8 Å². The molecule has 0 atom stereocenters. The summed E-state index contributed by atoms with van der Waals surface area (Å²) in [4.78, 5) is 25.6. The molecule has 1 heterocycles. The molecule has 0 radical (unpaired) electrons. The first-order valence-corrected chi connectivity index (χ1v) is 10.2. The Bertz CT molecular complexity index is 1540. The highest BCUT2D eigenvalue weighted by atomic mass is 16.3. The summed E-state index contributed by atoms with van der Waals surface area (Å²) >= 11 is 0. The van der Waals surface area contributed by atoms with Crippen molar-refractivity contribution in [1.82, 2.24) is 0 Å². The number of carbonyl (C=O) groups excluding carboxylic acids is 1. The molecule has 0 aliphatic rings. The van der Waals surface area contributed by atoms with E-state index in [1.54, 1.807) is 18.2 Å². The number of amides is 1. The van der Waals surface area contributed by atoms with Crippen molar-refractivity contribution in [2.75, 3.05) is 5.32 Å². The lowest BCUT2D eigenvalue weighted by Crippen LogP contribution is -2.14. The fourth-order valence-electron chi connectivity index (χ4n) is 4.01. The Morgan fingerprint density at radius 2 is 1.55 bits per heavy atom. The van der Waals surface area contributed by atoms with Crippen molar-refractivity contribution in [2.24, 2.45) is 0 Å². The molecular weight excluding hydrogens is 386 g/mol. The number of hydrogen-bond acceptors (Lipinski definition) is 3. The minimum Gasteiger partial charge on any atom is -0.456 e. The number of fused-ring (bicyclic) bond motifs is 3. The van der Waals surface area contributed by atoms with Crippen molar-refractivity contribution in [2.45, 2.75) is 20.3 Å². The van der Waals surface area contributed by atoms with Gasteiger partial charge in [-0.05, 0) is 65.6 Å². The van der Waals surface area contributed by atoms with E-state index in [9.17, 15) is 9.59 Å². The van der Waals surface area contributed by atoms with Gasteiger partial charge in [-0.25, -0.2) is 0 Å². The van der Waals surface area contributed by atoms with E-state index >= 15 is 0 Å². The van der Waals surface area contributed by atoms with Gasteiger partial charge in [0.15, 0.2) is 0 Å². The standard InChI is InChI=1S/C27H21NO3/c1-16-12-23-24(13-17(16)2)31-25-15-20(10-11-22(25)27(23)30)28-26(29)14-19-8-5-7-18-6-3-4-9-21(18)19/h3-13,15H,14H2,1-2H3,(H,28,29). The largest absolute Gasteiger partial charge is 0.456 e. The molecule has 1 aromatic heterocycles. The molecule has 0 unspecified atom stereocenters. The molecule has 0 saturated heterocycles. The summed E-state index contributed by atoms with van der Waals surface area (Å²) in [6.45, 7) is 3.97. The summed E-state index contributed by atoms with van der Waals surface area (Å²) in [7, 11) is 0. The van der Waals surface area contributed by atoms with Gasteiger partial charge in [-0.2, -0.15) is 0 Å². The molecule has 5 rings (SSSR count). The van der Waals surface area contributed by atoms with E-state index in [0.717, 1.165) is 27.5 Å². The number of aryl methyl sites for hydroxylation is 2.